The molecule has 0 spiro atoms. The zero-order chi connectivity index (χ0) is 15.8. The highest BCUT2D eigenvalue weighted by molar-refractivity contribution is 6.08. The summed E-state index contributed by atoms with van der Waals surface area (Å²) in [4.78, 5) is 48.9. The van der Waals surface area contributed by atoms with Gasteiger partial charge in [0, 0.05) is 19.5 Å². The molecule has 0 radical (unpaired) electrons. The normalized spacial score (nSPS) is 24.4. The topological polar surface area (TPSA) is 107 Å². The van der Waals surface area contributed by atoms with Crippen molar-refractivity contribution in [2.75, 3.05) is 19.6 Å². The Balaban J connectivity index is 1.92. The Morgan fingerprint density at radius 3 is 2.57 bits per heavy atom. The molecule has 2 aliphatic rings. The smallest absolute Gasteiger partial charge is 0.325 e. The maximum atomic E-state index is 12.1. The van der Waals surface area contributed by atoms with Gasteiger partial charge in [0.15, 0.2) is 0 Å². The molecule has 2 saturated heterocycles. The van der Waals surface area contributed by atoms with Crippen LogP contribution in [0.15, 0.2) is 0 Å². The third kappa shape index (κ3) is 3.14. The van der Waals surface area contributed by atoms with Gasteiger partial charge in [0.05, 0.1) is 0 Å². The third-order valence-electron chi connectivity index (χ3n) is 3.84. The molecule has 0 aromatic carbocycles. The predicted octanol–water partition coefficient (Wildman–Crippen LogP) is -0.360. The number of carboxylic acid groups (broad SMARTS) is 1. The van der Waals surface area contributed by atoms with Gasteiger partial charge in [-0.15, -0.1) is 0 Å². The Labute approximate surface area is 122 Å². The highest BCUT2D eigenvalue weighted by Crippen LogP contribution is 2.21. The van der Waals surface area contributed by atoms with Gasteiger partial charge in [-0.3, -0.25) is 19.3 Å². The van der Waals surface area contributed by atoms with Crippen molar-refractivity contribution in [3.8, 4) is 0 Å². The fourth-order valence-corrected chi connectivity index (χ4v) is 2.67. The van der Waals surface area contributed by atoms with Crippen LogP contribution in [0.4, 0.5) is 4.79 Å². The minimum atomic E-state index is -0.992. The summed E-state index contributed by atoms with van der Waals surface area (Å²) in [5.74, 6) is -1.71. The van der Waals surface area contributed by atoms with Gasteiger partial charge in [-0.2, -0.15) is 0 Å². The van der Waals surface area contributed by atoms with Gasteiger partial charge in [-0.25, -0.2) is 4.79 Å². The summed E-state index contributed by atoms with van der Waals surface area (Å²) in [6.45, 7) is 3.68. The molecule has 2 N–H and O–H groups in total. The van der Waals surface area contributed by atoms with Crippen molar-refractivity contribution in [2.24, 2.45) is 5.92 Å². The van der Waals surface area contributed by atoms with Crippen molar-refractivity contribution in [3.05, 3.63) is 0 Å². The molecule has 2 rings (SSSR count). The highest BCUT2D eigenvalue weighted by Gasteiger charge is 2.45. The first-order valence-corrected chi connectivity index (χ1v) is 6.84. The number of imide groups is 1. The van der Waals surface area contributed by atoms with E-state index in [2.05, 4.69) is 5.32 Å². The summed E-state index contributed by atoms with van der Waals surface area (Å²) in [7, 11) is 0. The van der Waals surface area contributed by atoms with Gasteiger partial charge >= 0.3 is 12.0 Å². The van der Waals surface area contributed by atoms with Crippen LogP contribution < -0.4 is 5.32 Å². The third-order valence-corrected chi connectivity index (χ3v) is 3.84. The molecule has 2 aliphatic heterocycles. The van der Waals surface area contributed by atoms with Crippen molar-refractivity contribution < 1.29 is 24.3 Å². The quantitative estimate of drug-likeness (QED) is 0.689. The maximum absolute atomic E-state index is 12.1. The maximum Gasteiger partial charge on any atom is 0.325 e. The molecule has 2 fully saturated rings. The highest BCUT2D eigenvalue weighted by atomic mass is 16.4. The van der Waals surface area contributed by atoms with Crippen molar-refractivity contribution in [2.45, 2.75) is 32.2 Å². The number of carbonyl (C=O) groups is 4. The van der Waals surface area contributed by atoms with Crippen LogP contribution in [0.2, 0.25) is 0 Å². The van der Waals surface area contributed by atoms with Crippen LogP contribution in [0.1, 0.15) is 26.7 Å². The molecule has 21 heavy (non-hydrogen) atoms. The van der Waals surface area contributed by atoms with Gasteiger partial charge in [0.25, 0.3) is 5.91 Å². The molecule has 0 bridgehead atoms. The molecule has 8 nitrogen and oxygen atoms in total. The number of hydrogen-bond acceptors (Lipinski definition) is 4. The summed E-state index contributed by atoms with van der Waals surface area (Å²) in [5, 5.41) is 11.3. The molecule has 0 saturated carbocycles. The first-order chi connectivity index (χ1) is 9.70. The van der Waals surface area contributed by atoms with E-state index in [1.54, 1.807) is 13.8 Å². The van der Waals surface area contributed by atoms with Gasteiger partial charge in [-0.05, 0) is 26.2 Å². The molecule has 4 amide bonds. The lowest BCUT2D eigenvalue weighted by Crippen LogP contribution is -2.44. The number of likely N-dealkylation sites (tertiary alicyclic amines) is 1. The standard InChI is InChI=1S/C13H19N3O5/c1-13(2)11(20)16(12(21)14-13)7-9(17)15-4-3-8(6-15)5-10(18)19/h8H,3-7H2,1-2H3,(H,14,21)(H,18,19). The van der Waals surface area contributed by atoms with E-state index >= 15 is 0 Å². The molecule has 1 unspecified atom stereocenters. The largest absolute Gasteiger partial charge is 0.481 e. The van der Waals surface area contributed by atoms with Crippen LogP contribution in [0.5, 0.6) is 0 Å². The summed E-state index contributed by atoms with van der Waals surface area (Å²) in [6, 6.07) is -0.570. The van der Waals surface area contributed by atoms with Gasteiger partial charge in [0.2, 0.25) is 5.91 Å². The van der Waals surface area contributed by atoms with Crippen molar-refractivity contribution in [3.63, 3.8) is 0 Å². The van der Waals surface area contributed by atoms with Crippen LogP contribution in [-0.2, 0) is 14.4 Å². The number of carboxylic acids is 1. The first kappa shape index (κ1) is 15.3. The number of aliphatic carboxylic acids is 1. The molecule has 0 aromatic heterocycles. The van der Waals surface area contributed by atoms with E-state index in [1.807, 2.05) is 0 Å². The first-order valence-electron chi connectivity index (χ1n) is 6.84. The van der Waals surface area contributed by atoms with Crippen LogP contribution in [0.25, 0.3) is 0 Å². The fraction of sp³-hybridized carbons (Fsp3) is 0.692. The Morgan fingerprint density at radius 2 is 2.05 bits per heavy atom. The van der Waals surface area contributed by atoms with E-state index in [1.165, 1.54) is 4.90 Å². The molecular formula is C13H19N3O5. The van der Waals surface area contributed by atoms with E-state index in [9.17, 15) is 19.2 Å². The minimum Gasteiger partial charge on any atom is -0.481 e. The number of amides is 4. The Kier molecular flexibility index (Phi) is 3.89. The molecule has 1 atom stereocenters. The van der Waals surface area contributed by atoms with E-state index in [0.717, 1.165) is 4.90 Å². The van der Waals surface area contributed by atoms with E-state index in [0.29, 0.717) is 19.5 Å². The molecular weight excluding hydrogens is 278 g/mol. The Bertz CT molecular complexity index is 502. The average molecular weight is 297 g/mol. The van der Waals surface area contributed by atoms with Crippen LogP contribution >= 0.6 is 0 Å². The number of rotatable bonds is 4. The zero-order valence-electron chi connectivity index (χ0n) is 12.1. The summed E-state index contributed by atoms with van der Waals surface area (Å²) in [5.41, 5.74) is -0.992. The monoisotopic (exact) mass is 297 g/mol. The van der Waals surface area contributed by atoms with Gasteiger partial charge in [0.1, 0.15) is 12.1 Å². The fourth-order valence-electron chi connectivity index (χ4n) is 2.67. The van der Waals surface area contributed by atoms with Crippen LogP contribution in [0.3, 0.4) is 0 Å². The molecule has 8 heteroatoms. The molecule has 0 aliphatic carbocycles. The number of carbonyl (C=O) groups excluding carboxylic acids is 3. The van der Waals surface area contributed by atoms with Crippen LogP contribution in [0, 0.1) is 5.92 Å². The van der Waals surface area contributed by atoms with Crippen LogP contribution in [-0.4, -0.2) is 63.9 Å². The van der Waals surface area contributed by atoms with Crippen molar-refractivity contribution >= 4 is 23.8 Å². The molecule has 2 heterocycles. The summed E-state index contributed by atoms with van der Waals surface area (Å²) >= 11 is 0. The number of nitrogens with zero attached hydrogens (tertiary/aromatic N) is 2. The second-order valence-corrected chi connectivity index (χ2v) is 6.04. The lowest BCUT2D eigenvalue weighted by atomic mass is 10.1. The molecule has 116 valence electrons. The lowest BCUT2D eigenvalue weighted by Gasteiger charge is -2.20. The predicted molar refractivity (Wildman–Crippen MR) is 71.3 cm³/mol. The van der Waals surface area contributed by atoms with Gasteiger partial charge in [-0.1, -0.05) is 0 Å². The summed E-state index contributed by atoms with van der Waals surface area (Å²) < 4.78 is 0. The SMILES string of the molecule is CC1(C)NC(=O)N(CC(=O)N2CCC(CC(=O)O)C2)C1=O. The Hall–Kier alpha value is -2.12. The lowest BCUT2D eigenvalue weighted by molar-refractivity contribution is -0.139. The second-order valence-electron chi connectivity index (χ2n) is 6.04. The zero-order valence-corrected chi connectivity index (χ0v) is 12.1. The average Bonchev–Trinajstić information content (AvgIpc) is 2.87. The number of nitrogens with one attached hydrogen (secondary N) is 1. The number of hydrogen-bond donors (Lipinski definition) is 2. The second kappa shape index (κ2) is 5.34. The van der Waals surface area contributed by atoms with Gasteiger partial charge < -0.3 is 15.3 Å². The molecule has 0 aromatic rings. The number of urea groups is 1. The Morgan fingerprint density at radius 1 is 1.38 bits per heavy atom. The van der Waals surface area contributed by atoms with E-state index in [-0.39, 0.29) is 24.8 Å². The van der Waals surface area contributed by atoms with E-state index in [4.69, 9.17) is 5.11 Å². The minimum absolute atomic E-state index is 0.0277. The summed E-state index contributed by atoms with van der Waals surface area (Å²) in [6.07, 6.45) is 0.656. The van der Waals surface area contributed by atoms with Crippen molar-refractivity contribution in [1.82, 2.24) is 15.1 Å². The van der Waals surface area contributed by atoms with Crippen molar-refractivity contribution in [1.29, 1.82) is 0 Å². The van der Waals surface area contributed by atoms with E-state index < -0.39 is 23.4 Å².